The number of hydrogen-bond acceptors (Lipinski definition) is 3. The molecule has 0 spiro atoms. The zero-order valence-electron chi connectivity index (χ0n) is 10.4. The lowest BCUT2D eigenvalue weighted by molar-refractivity contribution is -0.0498. The van der Waals surface area contributed by atoms with E-state index in [4.69, 9.17) is 16.0 Å². The number of anilines is 1. The van der Waals surface area contributed by atoms with Crippen molar-refractivity contribution in [1.82, 2.24) is 0 Å². The third-order valence-corrected chi connectivity index (χ3v) is 3.43. The Kier molecular flexibility index (Phi) is 4.88. The molecule has 0 fully saturated rings. The largest absolute Gasteiger partial charge is 0.467 e. The van der Waals surface area contributed by atoms with E-state index >= 15 is 0 Å². The van der Waals surface area contributed by atoms with Crippen molar-refractivity contribution in [1.29, 1.82) is 0 Å². The van der Waals surface area contributed by atoms with Gasteiger partial charge in [0.1, 0.15) is 5.76 Å². The zero-order chi connectivity index (χ0) is 14.7. The van der Waals surface area contributed by atoms with Crippen molar-refractivity contribution in [2.45, 2.75) is 20.1 Å². The molecule has 0 saturated heterocycles. The first-order valence-corrected chi connectivity index (χ1v) is 6.85. The molecule has 0 bridgehead atoms. The van der Waals surface area contributed by atoms with Crippen molar-refractivity contribution < 1.29 is 17.9 Å². The Morgan fingerprint density at radius 3 is 2.80 bits per heavy atom. The normalized spacial score (nSPS) is 10.9. The molecule has 2 aromatic rings. The highest BCUT2D eigenvalue weighted by atomic mass is 79.9. The Bertz CT molecular complexity index is 604. The molecule has 0 radical (unpaired) electrons. The molecular weight excluding hydrogens is 356 g/mol. The Morgan fingerprint density at radius 2 is 2.20 bits per heavy atom. The number of hydrogen-bond donors (Lipinski definition) is 1. The lowest BCUT2D eigenvalue weighted by Gasteiger charge is -2.14. The third-order valence-electron chi connectivity index (χ3n) is 2.62. The Balaban J connectivity index is 2.23. The van der Waals surface area contributed by atoms with Gasteiger partial charge in [-0.25, -0.2) is 0 Å². The highest BCUT2D eigenvalue weighted by molar-refractivity contribution is 9.10. The van der Waals surface area contributed by atoms with Crippen LogP contribution in [0.2, 0.25) is 5.02 Å². The van der Waals surface area contributed by atoms with E-state index in [1.807, 2.05) is 13.0 Å². The molecule has 0 amide bonds. The summed E-state index contributed by atoms with van der Waals surface area (Å²) in [6, 6.07) is 4.83. The number of benzene rings is 1. The van der Waals surface area contributed by atoms with Crippen LogP contribution in [0.4, 0.5) is 14.5 Å². The fraction of sp³-hybridized carbons (Fsp3) is 0.231. The number of furan rings is 1. The molecule has 2 rings (SSSR count). The van der Waals surface area contributed by atoms with E-state index in [0.717, 1.165) is 5.56 Å². The Morgan fingerprint density at radius 1 is 1.45 bits per heavy atom. The summed E-state index contributed by atoms with van der Waals surface area (Å²) in [6.45, 7) is -0.686. The van der Waals surface area contributed by atoms with Crippen LogP contribution >= 0.6 is 27.5 Å². The molecule has 108 valence electrons. The average Bonchev–Trinajstić information content (AvgIpc) is 2.76. The molecule has 0 aliphatic rings. The predicted molar refractivity (Wildman–Crippen MR) is 76.6 cm³/mol. The summed E-state index contributed by atoms with van der Waals surface area (Å²) in [5.41, 5.74) is 1.33. The molecule has 1 N–H and O–H groups in total. The second-order valence-electron chi connectivity index (χ2n) is 4.02. The number of nitrogens with one attached hydrogen (secondary N) is 1. The number of alkyl halides is 2. The van der Waals surface area contributed by atoms with Gasteiger partial charge < -0.3 is 14.5 Å². The standard InChI is InChI=1S/C13H11BrClF2NO2/c1-7-2-3-19-11(7)6-18-10-5-8(15)4-9(14)12(10)20-13(16)17/h2-5,13,18H,6H2,1H3. The van der Waals surface area contributed by atoms with Crippen molar-refractivity contribution in [3.8, 4) is 5.75 Å². The highest BCUT2D eigenvalue weighted by Crippen LogP contribution is 2.37. The van der Waals surface area contributed by atoms with Gasteiger partial charge in [0.15, 0.2) is 5.75 Å². The minimum absolute atomic E-state index is 0.00797. The molecule has 0 saturated carbocycles. The van der Waals surface area contributed by atoms with E-state index in [0.29, 0.717) is 27.5 Å². The van der Waals surface area contributed by atoms with E-state index in [2.05, 4.69) is 26.0 Å². The maximum absolute atomic E-state index is 12.4. The zero-order valence-corrected chi connectivity index (χ0v) is 12.8. The fourth-order valence-electron chi connectivity index (χ4n) is 1.66. The quantitative estimate of drug-likeness (QED) is 0.788. The molecule has 1 aromatic carbocycles. The maximum Gasteiger partial charge on any atom is 0.387 e. The lowest BCUT2D eigenvalue weighted by Crippen LogP contribution is -2.07. The van der Waals surface area contributed by atoms with Crippen LogP contribution in [0, 0.1) is 6.92 Å². The number of ether oxygens (including phenoxy) is 1. The molecule has 3 nitrogen and oxygen atoms in total. The molecule has 0 atom stereocenters. The Hall–Kier alpha value is -1.27. The van der Waals surface area contributed by atoms with E-state index < -0.39 is 6.61 Å². The van der Waals surface area contributed by atoms with Crippen LogP contribution in [0.15, 0.2) is 33.4 Å². The summed E-state index contributed by atoms with van der Waals surface area (Å²) < 4.78 is 35.0. The molecule has 1 heterocycles. The van der Waals surface area contributed by atoms with Crippen molar-refractivity contribution in [2.75, 3.05) is 5.32 Å². The van der Waals surface area contributed by atoms with Gasteiger partial charge in [-0.15, -0.1) is 0 Å². The first-order chi connectivity index (χ1) is 9.47. The van der Waals surface area contributed by atoms with Crippen molar-refractivity contribution in [3.05, 3.63) is 45.3 Å². The van der Waals surface area contributed by atoms with Gasteiger partial charge in [0.25, 0.3) is 0 Å². The molecule has 7 heteroatoms. The minimum atomic E-state index is -2.92. The summed E-state index contributed by atoms with van der Waals surface area (Å²) in [5, 5.41) is 3.38. The van der Waals surface area contributed by atoms with Crippen LogP contribution in [0.1, 0.15) is 11.3 Å². The number of rotatable bonds is 5. The van der Waals surface area contributed by atoms with Gasteiger partial charge in [0, 0.05) is 5.02 Å². The van der Waals surface area contributed by atoms with E-state index in [1.54, 1.807) is 6.26 Å². The van der Waals surface area contributed by atoms with Gasteiger partial charge in [-0.1, -0.05) is 11.6 Å². The van der Waals surface area contributed by atoms with Crippen LogP contribution in [-0.2, 0) is 6.54 Å². The maximum atomic E-state index is 12.4. The average molecular weight is 367 g/mol. The van der Waals surface area contributed by atoms with Crippen molar-refractivity contribution >= 4 is 33.2 Å². The summed E-state index contributed by atoms with van der Waals surface area (Å²) >= 11 is 9.07. The van der Waals surface area contributed by atoms with Crippen LogP contribution in [0.5, 0.6) is 5.75 Å². The molecule has 1 aromatic heterocycles. The van der Waals surface area contributed by atoms with Crippen molar-refractivity contribution in [2.24, 2.45) is 0 Å². The molecule has 0 aliphatic carbocycles. The first kappa shape index (κ1) is 15.1. The molecule has 20 heavy (non-hydrogen) atoms. The first-order valence-electron chi connectivity index (χ1n) is 5.68. The smallest absolute Gasteiger partial charge is 0.387 e. The minimum Gasteiger partial charge on any atom is -0.467 e. The van der Waals surface area contributed by atoms with E-state index in [1.165, 1.54) is 12.1 Å². The van der Waals surface area contributed by atoms with Crippen LogP contribution < -0.4 is 10.1 Å². The van der Waals surface area contributed by atoms with Crippen LogP contribution in [0.3, 0.4) is 0 Å². The molecule has 0 unspecified atom stereocenters. The second-order valence-corrected chi connectivity index (χ2v) is 5.31. The summed E-state index contributed by atoms with van der Waals surface area (Å²) in [4.78, 5) is 0. The van der Waals surface area contributed by atoms with Crippen LogP contribution in [0.25, 0.3) is 0 Å². The van der Waals surface area contributed by atoms with Gasteiger partial charge in [-0.3, -0.25) is 0 Å². The number of aryl methyl sites for hydroxylation is 1. The summed E-state index contributed by atoms with van der Waals surface area (Å²) in [5.74, 6) is 0.720. The van der Waals surface area contributed by atoms with Gasteiger partial charge in [0.2, 0.25) is 0 Å². The van der Waals surface area contributed by atoms with Gasteiger partial charge in [-0.2, -0.15) is 8.78 Å². The van der Waals surface area contributed by atoms with Crippen LogP contribution in [-0.4, -0.2) is 6.61 Å². The third kappa shape index (κ3) is 3.64. The lowest BCUT2D eigenvalue weighted by atomic mass is 10.2. The van der Waals surface area contributed by atoms with Gasteiger partial charge in [-0.05, 0) is 46.6 Å². The Labute approximate surface area is 128 Å². The monoisotopic (exact) mass is 365 g/mol. The van der Waals surface area contributed by atoms with Crippen molar-refractivity contribution in [3.63, 3.8) is 0 Å². The number of halogens is 4. The molecule has 0 aliphatic heterocycles. The highest BCUT2D eigenvalue weighted by Gasteiger charge is 2.15. The molecular formula is C13H11BrClF2NO2. The van der Waals surface area contributed by atoms with Gasteiger partial charge in [0.05, 0.1) is 23.0 Å². The SMILES string of the molecule is Cc1ccoc1CNc1cc(Cl)cc(Br)c1OC(F)F. The summed E-state index contributed by atoms with van der Waals surface area (Å²) in [7, 11) is 0. The predicted octanol–water partition coefficient (Wildman–Crippen LogP) is 5.22. The fourth-order valence-corrected chi connectivity index (χ4v) is 2.56. The van der Waals surface area contributed by atoms with E-state index in [-0.39, 0.29) is 5.75 Å². The topological polar surface area (TPSA) is 34.4 Å². The summed E-state index contributed by atoms with van der Waals surface area (Å²) in [6.07, 6.45) is 1.57. The second kappa shape index (κ2) is 6.45. The van der Waals surface area contributed by atoms with E-state index in [9.17, 15) is 8.78 Å². The van der Waals surface area contributed by atoms with Gasteiger partial charge >= 0.3 is 6.61 Å².